The van der Waals surface area contributed by atoms with Crippen LogP contribution in [0.4, 0.5) is 0 Å². The van der Waals surface area contributed by atoms with Gasteiger partial charge in [-0.15, -0.1) is 0 Å². The van der Waals surface area contributed by atoms with Crippen molar-refractivity contribution in [2.45, 2.75) is 31.3 Å². The van der Waals surface area contributed by atoms with E-state index in [1.165, 1.54) is 5.56 Å². The van der Waals surface area contributed by atoms with E-state index in [0.29, 0.717) is 12.0 Å². The monoisotopic (exact) mass is 269 g/mol. The molecule has 1 aliphatic rings. The summed E-state index contributed by atoms with van der Waals surface area (Å²) >= 11 is 0. The summed E-state index contributed by atoms with van der Waals surface area (Å²) in [6.45, 7) is 0.811. The number of methoxy groups -OCH3 is 1. The molecule has 0 radical (unpaired) electrons. The number of benzene rings is 1. The summed E-state index contributed by atoms with van der Waals surface area (Å²) in [5.41, 5.74) is 2.37. The highest BCUT2D eigenvalue weighted by Crippen LogP contribution is 2.40. The van der Waals surface area contributed by atoms with E-state index in [0.717, 1.165) is 30.8 Å². The average Bonchev–Trinajstić information content (AvgIpc) is 2.47. The minimum atomic E-state index is 0.569. The summed E-state index contributed by atoms with van der Waals surface area (Å²) in [5, 5.41) is 3.54. The zero-order valence-electron chi connectivity index (χ0n) is 11.6. The van der Waals surface area contributed by atoms with Crippen molar-refractivity contribution in [3.63, 3.8) is 0 Å². The van der Waals surface area contributed by atoms with Crippen LogP contribution in [0.15, 0.2) is 42.9 Å². The van der Waals surface area contributed by atoms with Crippen molar-refractivity contribution in [1.29, 1.82) is 0 Å². The van der Waals surface area contributed by atoms with E-state index < -0.39 is 0 Å². The summed E-state index contributed by atoms with van der Waals surface area (Å²) in [6.07, 6.45) is 5.69. The third-order valence-electron chi connectivity index (χ3n) is 3.93. The Labute approximate surface area is 119 Å². The molecule has 1 aromatic carbocycles. The lowest BCUT2D eigenvalue weighted by Gasteiger charge is -2.37. The number of hydrogen-bond acceptors (Lipinski definition) is 4. The first-order valence-electron chi connectivity index (χ1n) is 6.98. The molecule has 4 heteroatoms. The van der Waals surface area contributed by atoms with Crippen LogP contribution in [0.2, 0.25) is 0 Å². The number of hydrogen-bond donors (Lipinski definition) is 1. The van der Waals surface area contributed by atoms with Gasteiger partial charge in [0.05, 0.1) is 12.8 Å². The van der Waals surface area contributed by atoms with Crippen LogP contribution in [-0.2, 0) is 6.54 Å². The van der Waals surface area contributed by atoms with Gasteiger partial charge in [0.2, 0.25) is 0 Å². The van der Waals surface area contributed by atoms with Crippen LogP contribution in [0.1, 0.15) is 30.0 Å². The third kappa shape index (κ3) is 2.80. The maximum atomic E-state index is 5.43. The van der Waals surface area contributed by atoms with Gasteiger partial charge in [-0.25, -0.2) is 9.97 Å². The molecule has 0 spiro atoms. The Hall–Kier alpha value is -1.94. The van der Waals surface area contributed by atoms with Crippen LogP contribution in [-0.4, -0.2) is 23.1 Å². The molecule has 1 heterocycles. The van der Waals surface area contributed by atoms with Gasteiger partial charge in [0.1, 0.15) is 12.1 Å². The smallest absolute Gasteiger partial charge is 0.122 e. The van der Waals surface area contributed by atoms with E-state index in [1.54, 1.807) is 19.6 Å². The quantitative estimate of drug-likeness (QED) is 0.906. The number of nitrogens with zero attached hydrogens (tertiary/aromatic N) is 2. The van der Waals surface area contributed by atoms with Crippen molar-refractivity contribution in [3.8, 4) is 5.75 Å². The van der Waals surface area contributed by atoms with E-state index in [1.807, 2.05) is 18.2 Å². The Balaban J connectivity index is 1.51. The maximum absolute atomic E-state index is 5.43. The highest BCUT2D eigenvalue weighted by atomic mass is 16.5. The van der Waals surface area contributed by atoms with Crippen LogP contribution in [0.3, 0.4) is 0 Å². The topological polar surface area (TPSA) is 47.0 Å². The normalized spacial score (nSPS) is 21.2. The van der Waals surface area contributed by atoms with E-state index >= 15 is 0 Å². The zero-order chi connectivity index (χ0) is 13.8. The Bertz CT molecular complexity index is 553. The van der Waals surface area contributed by atoms with E-state index in [9.17, 15) is 0 Å². The molecule has 0 aliphatic heterocycles. The fourth-order valence-electron chi connectivity index (χ4n) is 2.71. The lowest BCUT2D eigenvalue weighted by molar-refractivity contribution is 0.281. The van der Waals surface area contributed by atoms with Crippen molar-refractivity contribution in [2.75, 3.05) is 7.11 Å². The first-order valence-corrected chi connectivity index (χ1v) is 6.98. The van der Waals surface area contributed by atoms with Crippen LogP contribution in [0.5, 0.6) is 5.75 Å². The molecular weight excluding hydrogens is 250 g/mol. The molecule has 20 heavy (non-hydrogen) atoms. The van der Waals surface area contributed by atoms with Crippen molar-refractivity contribution in [2.24, 2.45) is 0 Å². The largest absolute Gasteiger partial charge is 0.496 e. The molecule has 0 bridgehead atoms. The lowest BCUT2D eigenvalue weighted by atomic mass is 9.75. The summed E-state index contributed by atoms with van der Waals surface area (Å²) in [7, 11) is 1.74. The molecule has 0 saturated heterocycles. The summed E-state index contributed by atoms with van der Waals surface area (Å²) in [5.74, 6) is 1.61. The number of para-hydroxylation sites is 1. The van der Waals surface area contributed by atoms with Crippen molar-refractivity contribution in [1.82, 2.24) is 15.3 Å². The van der Waals surface area contributed by atoms with Crippen molar-refractivity contribution >= 4 is 0 Å². The van der Waals surface area contributed by atoms with E-state index in [-0.39, 0.29) is 0 Å². The molecule has 1 aromatic heterocycles. The molecule has 104 valence electrons. The van der Waals surface area contributed by atoms with E-state index in [4.69, 9.17) is 4.74 Å². The fourth-order valence-corrected chi connectivity index (χ4v) is 2.71. The number of nitrogens with one attached hydrogen (secondary N) is 1. The van der Waals surface area contributed by atoms with Gasteiger partial charge in [-0.1, -0.05) is 18.2 Å². The standard InChI is InChI=1S/C16H19N3O/c1-20-16-5-3-2-4-15(16)12-8-14(9-12)18-10-13-6-7-17-11-19-13/h2-7,11-12,14,18H,8-10H2,1H3. The number of ether oxygens (including phenoxy) is 1. The number of rotatable bonds is 5. The minimum Gasteiger partial charge on any atom is -0.496 e. The molecule has 1 aliphatic carbocycles. The SMILES string of the molecule is COc1ccccc1C1CC(NCc2ccncn2)C1. The Morgan fingerprint density at radius 1 is 1.25 bits per heavy atom. The molecule has 0 amide bonds. The maximum Gasteiger partial charge on any atom is 0.122 e. The van der Waals surface area contributed by atoms with Crippen molar-refractivity contribution in [3.05, 3.63) is 54.1 Å². The second kappa shape index (κ2) is 6.01. The molecule has 1 saturated carbocycles. The fraction of sp³-hybridized carbons (Fsp3) is 0.375. The van der Waals surface area contributed by atoms with Crippen LogP contribution >= 0.6 is 0 Å². The predicted octanol–water partition coefficient (Wildman–Crippen LogP) is 2.52. The molecule has 0 unspecified atom stereocenters. The van der Waals surface area contributed by atoms with Gasteiger partial charge in [-0.2, -0.15) is 0 Å². The summed E-state index contributed by atoms with van der Waals surface area (Å²) in [6, 6.07) is 10.8. The van der Waals surface area contributed by atoms with Crippen molar-refractivity contribution < 1.29 is 4.74 Å². The van der Waals surface area contributed by atoms with Gasteiger partial charge in [0, 0.05) is 18.8 Å². The van der Waals surface area contributed by atoms with Crippen LogP contribution in [0.25, 0.3) is 0 Å². The molecule has 1 N–H and O–H groups in total. The molecule has 0 atom stereocenters. The molecule has 1 fully saturated rings. The minimum absolute atomic E-state index is 0.569. The summed E-state index contributed by atoms with van der Waals surface area (Å²) < 4.78 is 5.43. The van der Waals surface area contributed by atoms with Gasteiger partial charge in [0.25, 0.3) is 0 Å². The first kappa shape index (κ1) is 13.1. The number of aromatic nitrogens is 2. The third-order valence-corrected chi connectivity index (χ3v) is 3.93. The van der Waals surface area contributed by atoms with Crippen LogP contribution in [0, 0.1) is 0 Å². The van der Waals surface area contributed by atoms with Gasteiger partial charge >= 0.3 is 0 Å². The Kier molecular flexibility index (Phi) is 3.92. The highest BCUT2D eigenvalue weighted by Gasteiger charge is 2.31. The highest BCUT2D eigenvalue weighted by molar-refractivity contribution is 5.37. The predicted molar refractivity (Wildman–Crippen MR) is 77.6 cm³/mol. The molecule has 4 nitrogen and oxygen atoms in total. The van der Waals surface area contributed by atoms with Gasteiger partial charge in [0.15, 0.2) is 0 Å². The van der Waals surface area contributed by atoms with E-state index in [2.05, 4.69) is 27.4 Å². The van der Waals surface area contributed by atoms with Crippen LogP contribution < -0.4 is 10.1 Å². The zero-order valence-corrected chi connectivity index (χ0v) is 11.6. The molecule has 2 aromatic rings. The second-order valence-electron chi connectivity index (χ2n) is 5.19. The van der Waals surface area contributed by atoms with Gasteiger partial charge < -0.3 is 10.1 Å². The molecule has 3 rings (SSSR count). The van der Waals surface area contributed by atoms with Gasteiger partial charge in [-0.3, -0.25) is 0 Å². The Morgan fingerprint density at radius 3 is 2.85 bits per heavy atom. The first-order chi connectivity index (χ1) is 9.86. The lowest BCUT2D eigenvalue weighted by Crippen LogP contribution is -2.39. The molecular formula is C16H19N3O. The second-order valence-corrected chi connectivity index (χ2v) is 5.19. The van der Waals surface area contributed by atoms with Gasteiger partial charge in [-0.05, 0) is 36.5 Å². The summed E-state index contributed by atoms with van der Waals surface area (Å²) in [4.78, 5) is 8.14. The Morgan fingerprint density at radius 2 is 2.10 bits per heavy atom. The average molecular weight is 269 g/mol.